The van der Waals surface area contributed by atoms with E-state index in [1.807, 2.05) is 72.8 Å². The molecule has 8 bridgehead atoms. The Kier molecular flexibility index (Phi) is 15.3. The molecule has 4 aromatic heterocycles. The van der Waals surface area contributed by atoms with Crippen LogP contribution < -0.4 is 28.0 Å². The number of aromatic amines is 4. The molecule has 1 aromatic carbocycles. The maximum Gasteiger partial charge on any atom is 0.323 e. The minimum Gasteiger partial charge on any atom is -0.355 e. The number of hydrazine groups is 3. The minimum atomic E-state index is -0.152. The zero-order chi connectivity index (χ0) is 33.4. The summed E-state index contributed by atoms with van der Waals surface area (Å²) in [6, 6.07) is 23.8. The van der Waals surface area contributed by atoms with Crippen LogP contribution in [0.1, 0.15) is 81.1 Å². The number of nitrogens with one attached hydrogen (secondary N) is 7. The number of H-pyrrole nitrogens is 4. The number of para-hydroxylation sites is 2. The van der Waals surface area contributed by atoms with Gasteiger partial charge in [-0.2, -0.15) is 11.1 Å². The molecule has 2 aliphatic heterocycles. The first kappa shape index (κ1) is 37.3. The van der Waals surface area contributed by atoms with Gasteiger partial charge < -0.3 is 19.9 Å². The Morgan fingerprint density at radius 1 is 0.592 bits per heavy atom. The van der Waals surface area contributed by atoms with E-state index in [1.165, 1.54) is 51.4 Å². The molecule has 12 heteroatoms. The molecular formula is C37H46CuN10O. The van der Waals surface area contributed by atoms with Crippen molar-refractivity contribution in [3.8, 4) is 0 Å². The van der Waals surface area contributed by atoms with Crippen LogP contribution in [0.5, 0.6) is 0 Å². The Morgan fingerprint density at radius 2 is 1.00 bits per heavy atom. The zero-order valence-electron chi connectivity index (χ0n) is 27.8. The molecule has 2 aliphatic rings. The first-order chi connectivity index (χ1) is 23.6. The van der Waals surface area contributed by atoms with E-state index in [1.54, 1.807) is 0 Å². The monoisotopic (exact) mass is 709 g/mol. The van der Waals surface area contributed by atoms with E-state index in [9.17, 15) is 4.79 Å². The second kappa shape index (κ2) is 20.1. The second-order valence-electron chi connectivity index (χ2n) is 11.7. The summed E-state index contributed by atoms with van der Waals surface area (Å²) in [5, 5.41) is 0. The molecule has 6 heterocycles. The van der Waals surface area contributed by atoms with Crippen LogP contribution in [-0.4, -0.2) is 36.4 Å². The fourth-order valence-electron chi connectivity index (χ4n) is 5.38. The largest absolute Gasteiger partial charge is 0.355 e. The quantitative estimate of drug-likeness (QED) is 0.0307. The van der Waals surface area contributed by atoms with Gasteiger partial charge in [-0.05, 0) is 91.4 Å². The molecule has 0 saturated carbocycles. The normalized spacial score (nSPS) is 11.4. The number of hydrogen-bond donors (Lipinski definition) is 8. The number of rotatable bonds is 11. The molecular weight excluding hydrogens is 664 g/mol. The van der Waals surface area contributed by atoms with Gasteiger partial charge in [0.25, 0.3) is 0 Å². The number of benzene rings is 1. The molecule has 261 valence electrons. The summed E-state index contributed by atoms with van der Waals surface area (Å²) in [5.74, 6) is 5.01. The average Bonchev–Trinajstić information content (AvgIpc) is 3.93. The van der Waals surface area contributed by atoms with Crippen molar-refractivity contribution in [1.29, 1.82) is 0 Å². The Morgan fingerprint density at radius 3 is 1.41 bits per heavy atom. The first-order valence-electron chi connectivity index (χ1n) is 16.7. The maximum atomic E-state index is 10.7. The summed E-state index contributed by atoms with van der Waals surface area (Å²) in [5.41, 5.74) is 17.4. The SMILES string of the molecule is C1=Cc2cc3ccc(cc4nc(cc5ccc(cc1n2)[nH]5)C=C4)[nH]3.CCCCCCCCCCNNNN.O=c1[nH]c2ccccc2[nH]1.[Cu]. The van der Waals surface area contributed by atoms with E-state index >= 15 is 0 Å². The third-order valence-electron chi connectivity index (χ3n) is 7.78. The third-order valence-corrected chi connectivity index (χ3v) is 7.78. The molecule has 0 saturated heterocycles. The van der Waals surface area contributed by atoms with Gasteiger partial charge in [-0.3, -0.25) is 5.84 Å². The van der Waals surface area contributed by atoms with E-state index in [0.717, 1.165) is 62.4 Å². The van der Waals surface area contributed by atoms with Gasteiger partial charge in [0.2, 0.25) is 0 Å². The predicted molar refractivity (Wildman–Crippen MR) is 199 cm³/mol. The predicted octanol–water partition coefficient (Wildman–Crippen LogP) is 7.11. The van der Waals surface area contributed by atoms with Crippen molar-refractivity contribution < 1.29 is 17.1 Å². The van der Waals surface area contributed by atoms with Gasteiger partial charge in [0.05, 0.1) is 33.8 Å². The summed E-state index contributed by atoms with van der Waals surface area (Å²) in [6.07, 6.45) is 18.9. The number of unbranched alkanes of at least 4 members (excludes halogenated alkanes) is 7. The van der Waals surface area contributed by atoms with Crippen LogP contribution in [0.4, 0.5) is 0 Å². The van der Waals surface area contributed by atoms with Gasteiger partial charge in [-0.25, -0.2) is 20.2 Å². The van der Waals surface area contributed by atoms with E-state index < -0.39 is 0 Å². The van der Waals surface area contributed by atoms with E-state index in [4.69, 9.17) is 5.84 Å². The van der Waals surface area contributed by atoms with Crippen molar-refractivity contribution in [3.63, 3.8) is 0 Å². The summed E-state index contributed by atoms with van der Waals surface area (Å²) < 4.78 is 0. The molecule has 0 fully saturated rings. The summed E-state index contributed by atoms with van der Waals surface area (Å²) >= 11 is 0. The number of fused-ring (bicyclic) bond motifs is 9. The molecule has 0 atom stereocenters. The van der Waals surface area contributed by atoms with E-state index in [2.05, 4.69) is 77.6 Å². The number of imidazole rings is 1. The minimum absolute atomic E-state index is 0. The van der Waals surface area contributed by atoms with Crippen LogP contribution in [0.15, 0.2) is 77.6 Å². The zero-order valence-corrected chi connectivity index (χ0v) is 28.7. The summed E-state index contributed by atoms with van der Waals surface area (Å²) in [7, 11) is 0. The fraction of sp³-hybridized carbons (Fsp3) is 0.270. The van der Waals surface area contributed by atoms with Crippen molar-refractivity contribution >= 4 is 57.4 Å². The van der Waals surface area contributed by atoms with Gasteiger partial charge in [-0.1, -0.05) is 64.0 Å². The number of hydrogen-bond acceptors (Lipinski definition) is 7. The van der Waals surface area contributed by atoms with Crippen molar-refractivity contribution in [1.82, 2.24) is 46.4 Å². The Balaban J connectivity index is 0.000000184. The third kappa shape index (κ3) is 12.4. The van der Waals surface area contributed by atoms with Gasteiger partial charge in [0.15, 0.2) is 0 Å². The van der Waals surface area contributed by atoms with Crippen molar-refractivity contribution in [2.45, 2.75) is 58.3 Å². The molecule has 9 N–H and O–H groups in total. The Hall–Kier alpha value is -4.55. The van der Waals surface area contributed by atoms with Crippen LogP contribution in [-0.2, 0) is 17.1 Å². The van der Waals surface area contributed by atoms with Crippen LogP contribution in [0, 0.1) is 0 Å². The smallest absolute Gasteiger partial charge is 0.323 e. The van der Waals surface area contributed by atoms with Crippen LogP contribution >= 0.6 is 0 Å². The van der Waals surface area contributed by atoms with Gasteiger partial charge in [-0.15, -0.1) is 0 Å². The molecule has 0 amide bonds. The standard InChI is InChI=1S/C20H14N4.C10H26N4.C7H6N2O.Cu/c1-2-14-10-16-5-6-18(23-16)12-20-8-7-19(24-20)11-17-4-3-15(22-17)9-13(1)21-14;1-2-3-4-5-6-7-8-9-10-12-14-13-11;10-7-8-5-3-1-2-4-6(5)9-7;/h1-12,21,24H;12-14H,2-11H2,1H3;1-4H,(H2,8,9,10);. The topological polar surface area (TPSA) is 168 Å². The van der Waals surface area contributed by atoms with Crippen LogP contribution in [0.2, 0.25) is 0 Å². The van der Waals surface area contributed by atoms with Crippen LogP contribution in [0.3, 0.4) is 0 Å². The number of nitrogens with zero attached hydrogens (tertiary/aromatic N) is 2. The first-order valence-corrected chi connectivity index (χ1v) is 16.7. The molecule has 0 aliphatic carbocycles. The molecule has 7 rings (SSSR count). The molecule has 0 spiro atoms. The Bertz CT molecular complexity index is 1800. The van der Waals surface area contributed by atoms with Crippen molar-refractivity contribution in [2.75, 3.05) is 6.54 Å². The number of nitrogens with two attached hydrogens (primary N) is 1. The fourth-order valence-corrected chi connectivity index (χ4v) is 5.38. The summed E-state index contributed by atoms with van der Waals surface area (Å²) in [4.78, 5) is 32.0. The molecule has 1 radical (unpaired) electrons. The van der Waals surface area contributed by atoms with Crippen molar-refractivity contribution in [3.05, 3.63) is 106 Å². The van der Waals surface area contributed by atoms with Gasteiger partial charge >= 0.3 is 5.69 Å². The van der Waals surface area contributed by atoms with Crippen LogP contribution in [0.25, 0.3) is 57.4 Å². The molecule has 0 unspecified atom stereocenters. The molecule has 49 heavy (non-hydrogen) atoms. The second-order valence-corrected chi connectivity index (χ2v) is 11.7. The maximum absolute atomic E-state index is 10.7. The van der Waals surface area contributed by atoms with Crippen molar-refractivity contribution in [2.24, 2.45) is 5.84 Å². The van der Waals surface area contributed by atoms with Gasteiger partial charge in [0.1, 0.15) is 0 Å². The van der Waals surface area contributed by atoms with Gasteiger partial charge in [0, 0.05) is 45.7 Å². The summed E-state index contributed by atoms with van der Waals surface area (Å²) in [6.45, 7) is 3.23. The molecule has 11 nitrogen and oxygen atoms in total. The number of aromatic nitrogens is 6. The molecule has 5 aromatic rings. The van der Waals surface area contributed by atoms with E-state index in [-0.39, 0.29) is 22.8 Å². The van der Waals surface area contributed by atoms with E-state index in [0.29, 0.717) is 0 Å². The average molecular weight is 710 g/mol. The Labute approximate surface area is 296 Å².